The highest BCUT2D eigenvalue weighted by atomic mass is 16.3. The summed E-state index contributed by atoms with van der Waals surface area (Å²) in [5, 5.41) is 18.3. The van der Waals surface area contributed by atoms with Gasteiger partial charge < -0.3 is 10.2 Å². The molecule has 2 aromatic carbocycles. The van der Waals surface area contributed by atoms with Gasteiger partial charge in [0, 0.05) is 0 Å². The zero-order chi connectivity index (χ0) is 22.7. The summed E-state index contributed by atoms with van der Waals surface area (Å²) in [5.74, 6) is 1.56. The van der Waals surface area contributed by atoms with Gasteiger partial charge in [-0.1, -0.05) is 103 Å². The lowest BCUT2D eigenvalue weighted by Gasteiger charge is -2.04. The number of aromatic hydroxyl groups is 2. The molecule has 2 heteroatoms. The Morgan fingerprint density at radius 1 is 0.548 bits per heavy atom. The van der Waals surface area contributed by atoms with Crippen molar-refractivity contribution in [1.29, 1.82) is 0 Å². The molecule has 31 heavy (non-hydrogen) atoms. The Morgan fingerprint density at radius 3 is 1.35 bits per heavy atom. The molecule has 0 fully saturated rings. The average molecular weight is 427 g/mol. The number of hydrogen-bond donors (Lipinski definition) is 2. The molecular weight excluding hydrogens is 380 g/mol. The summed E-state index contributed by atoms with van der Waals surface area (Å²) >= 11 is 0. The molecule has 2 aromatic rings. The van der Waals surface area contributed by atoms with E-state index in [9.17, 15) is 0 Å². The van der Waals surface area contributed by atoms with E-state index in [-0.39, 0.29) is 0 Å². The van der Waals surface area contributed by atoms with Crippen molar-refractivity contribution in [3.63, 3.8) is 0 Å². The van der Waals surface area contributed by atoms with Crippen molar-refractivity contribution in [1.82, 2.24) is 0 Å². The number of benzene rings is 2. The Kier molecular flexibility index (Phi) is 15.5. The smallest absolute Gasteiger partial charge is 0.115 e. The van der Waals surface area contributed by atoms with Crippen molar-refractivity contribution in [2.75, 3.05) is 0 Å². The van der Waals surface area contributed by atoms with Crippen LogP contribution in [0.15, 0.2) is 48.5 Å². The van der Waals surface area contributed by atoms with Crippen LogP contribution < -0.4 is 0 Å². The summed E-state index contributed by atoms with van der Waals surface area (Å²) in [6.45, 7) is 6.81. The second-order valence-electron chi connectivity index (χ2n) is 9.20. The van der Waals surface area contributed by atoms with Crippen molar-refractivity contribution in [3.8, 4) is 11.5 Å². The molecule has 0 atom stereocenters. The molecule has 0 aromatic heterocycles. The van der Waals surface area contributed by atoms with E-state index in [0.29, 0.717) is 11.5 Å². The second kappa shape index (κ2) is 17.7. The molecule has 0 unspecified atom stereocenters. The lowest BCUT2D eigenvalue weighted by molar-refractivity contribution is 0.474. The highest BCUT2D eigenvalue weighted by Gasteiger charge is 1.97. The first kappa shape index (κ1) is 27.1. The Bertz CT molecular complexity index is 643. The third-order valence-corrected chi connectivity index (χ3v) is 5.69. The van der Waals surface area contributed by atoms with E-state index in [2.05, 4.69) is 20.8 Å². The zero-order valence-corrected chi connectivity index (χ0v) is 20.3. The van der Waals surface area contributed by atoms with Crippen LogP contribution in [0, 0.1) is 5.92 Å². The molecule has 0 aliphatic rings. The van der Waals surface area contributed by atoms with Crippen LogP contribution in [-0.2, 0) is 12.8 Å². The van der Waals surface area contributed by atoms with Crippen LogP contribution >= 0.6 is 0 Å². The van der Waals surface area contributed by atoms with Crippen LogP contribution in [0.3, 0.4) is 0 Å². The highest BCUT2D eigenvalue weighted by molar-refractivity contribution is 5.26. The largest absolute Gasteiger partial charge is 0.508 e. The van der Waals surface area contributed by atoms with E-state index < -0.39 is 0 Å². The lowest BCUT2D eigenvalue weighted by Crippen LogP contribution is -1.89. The van der Waals surface area contributed by atoms with Gasteiger partial charge in [0.05, 0.1) is 0 Å². The van der Waals surface area contributed by atoms with Gasteiger partial charge in [0.15, 0.2) is 0 Å². The maximum absolute atomic E-state index is 9.15. The molecule has 0 spiro atoms. The summed E-state index contributed by atoms with van der Waals surface area (Å²) < 4.78 is 0. The molecule has 0 aliphatic carbocycles. The second-order valence-corrected chi connectivity index (χ2v) is 9.20. The van der Waals surface area contributed by atoms with Crippen LogP contribution in [-0.4, -0.2) is 10.2 Å². The first-order chi connectivity index (χ1) is 15.0. The Balaban J connectivity index is 0.000000311. The molecule has 0 saturated heterocycles. The van der Waals surface area contributed by atoms with Gasteiger partial charge in [0.25, 0.3) is 0 Å². The zero-order valence-electron chi connectivity index (χ0n) is 20.3. The normalized spacial score (nSPS) is 10.7. The van der Waals surface area contributed by atoms with Gasteiger partial charge in [-0.2, -0.15) is 0 Å². The minimum absolute atomic E-state index is 0.360. The van der Waals surface area contributed by atoms with Crippen molar-refractivity contribution in [2.24, 2.45) is 5.92 Å². The molecule has 0 heterocycles. The van der Waals surface area contributed by atoms with Crippen LogP contribution in [0.5, 0.6) is 11.5 Å². The SMILES string of the molecule is CC(C)CCCCCc1ccc(O)cc1.CCCCCCCCCc1ccc(O)cc1. The van der Waals surface area contributed by atoms with Gasteiger partial charge in [-0.25, -0.2) is 0 Å². The molecule has 0 amide bonds. The molecule has 0 bridgehead atoms. The van der Waals surface area contributed by atoms with Gasteiger partial charge in [-0.05, 0) is 67.0 Å². The molecule has 0 saturated carbocycles. The summed E-state index contributed by atoms with van der Waals surface area (Å²) in [6, 6.07) is 15.1. The molecule has 0 radical (unpaired) electrons. The fourth-order valence-corrected chi connectivity index (χ4v) is 3.67. The minimum atomic E-state index is 0.360. The van der Waals surface area contributed by atoms with Crippen LogP contribution in [0.4, 0.5) is 0 Å². The molecule has 2 nitrogen and oxygen atoms in total. The standard InChI is InChI=1S/C15H24O.C14H22O/c1-2-3-4-5-6-7-8-9-14-10-12-15(16)13-11-14;1-12(2)6-4-3-5-7-13-8-10-14(15)11-9-13/h10-13,16H,2-9H2,1H3;8-12,15H,3-7H2,1-2H3. The molecule has 2 N–H and O–H groups in total. The number of phenolic OH excluding ortho intramolecular Hbond substituents is 2. The van der Waals surface area contributed by atoms with Crippen molar-refractivity contribution in [2.45, 2.75) is 104 Å². The predicted octanol–water partition coefficient (Wildman–Crippen LogP) is 8.84. The van der Waals surface area contributed by atoms with Crippen molar-refractivity contribution in [3.05, 3.63) is 59.7 Å². The lowest BCUT2D eigenvalue weighted by atomic mass is 10.0. The number of unbranched alkanes of at least 4 members (excludes halogenated alkanes) is 8. The predicted molar refractivity (Wildman–Crippen MR) is 135 cm³/mol. The van der Waals surface area contributed by atoms with E-state index in [1.807, 2.05) is 24.3 Å². The van der Waals surface area contributed by atoms with Gasteiger partial charge in [0.1, 0.15) is 11.5 Å². The number of rotatable bonds is 14. The van der Waals surface area contributed by atoms with Crippen LogP contribution in [0.25, 0.3) is 0 Å². The van der Waals surface area contributed by atoms with E-state index >= 15 is 0 Å². The van der Waals surface area contributed by atoms with E-state index in [0.717, 1.165) is 18.8 Å². The summed E-state index contributed by atoms with van der Waals surface area (Å²) in [6.07, 6.45) is 17.0. The number of phenols is 2. The fourth-order valence-electron chi connectivity index (χ4n) is 3.67. The van der Waals surface area contributed by atoms with Gasteiger partial charge in [-0.3, -0.25) is 0 Å². The quantitative estimate of drug-likeness (QED) is 0.296. The van der Waals surface area contributed by atoms with Gasteiger partial charge in [-0.15, -0.1) is 0 Å². The molecular formula is C29H46O2. The summed E-state index contributed by atoms with van der Waals surface area (Å²) in [5.41, 5.74) is 2.67. The van der Waals surface area contributed by atoms with Gasteiger partial charge in [0.2, 0.25) is 0 Å². The van der Waals surface area contributed by atoms with Crippen molar-refractivity contribution >= 4 is 0 Å². The first-order valence-corrected chi connectivity index (χ1v) is 12.6. The van der Waals surface area contributed by atoms with E-state index in [1.165, 1.54) is 81.8 Å². The van der Waals surface area contributed by atoms with Gasteiger partial charge >= 0.3 is 0 Å². The minimum Gasteiger partial charge on any atom is -0.508 e. The number of aryl methyl sites for hydroxylation is 2. The average Bonchev–Trinajstić information content (AvgIpc) is 2.76. The third-order valence-electron chi connectivity index (χ3n) is 5.69. The van der Waals surface area contributed by atoms with Crippen LogP contribution in [0.2, 0.25) is 0 Å². The third kappa shape index (κ3) is 15.5. The Hall–Kier alpha value is -1.96. The topological polar surface area (TPSA) is 40.5 Å². The van der Waals surface area contributed by atoms with Crippen LogP contribution in [0.1, 0.15) is 103 Å². The molecule has 2 rings (SSSR count). The Labute approximate surface area is 191 Å². The maximum atomic E-state index is 9.15. The Morgan fingerprint density at radius 2 is 0.935 bits per heavy atom. The monoisotopic (exact) mass is 426 g/mol. The molecule has 174 valence electrons. The molecule has 0 aliphatic heterocycles. The fraction of sp³-hybridized carbons (Fsp3) is 0.586. The highest BCUT2D eigenvalue weighted by Crippen LogP contribution is 2.15. The van der Waals surface area contributed by atoms with E-state index in [1.54, 1.807) is 24.3 Å². The maximum Gasteiger partial charge on any atom is 0.115 e. The first-order valence-electron chi connectivity index (χ1n) is 12.6. The summed E-state index contributed by atoms with van der Waals surface area (Å²) in [7, 11) is 0. The number of hydrogen-bond acceptors (Lipinski definition) is 2. The van der Waals surface area contributed by atoms with E-state index in [4.69, 9.17) is 10.2 Å². The summed E-state index contributed by atoms with van der Waals surface area (Å²) in [4.78, 5) is 0. The van der Waals surface area contributed by atoms with Crippen molar-refractivity contribution < 1.29 is 10.2 Å².